The smallest absolute Gasteiger partial charge is 0.297 e. The zero-order valence-electron chi connectivity index (χ0n) is 16.9. The molecule has 0 atom stereocenters. The molecule has 0 amide bonds. The fourth-order valence-electron chi connectivity index (χ4n) is 1.45. The third kappa shape index (κ3) is 16.5. The van der Waals surface area contributed by atoms with Crippen molar-refractivity contribution in [2.24, 2.45) is 0 Å². The third-order valence-electron chi connectivity index (χ3n) is 3.05. The molecule has 1 rings (SSSR count). The van der Waals surface area contributed by atoms with Crippen LogP contribution in [0.25, 0.3) is 0 Å². The Kier molecular flexibility index (Phi) is 19.7. The molecule has 0 aliphatic rings. The van der Waals surface area contributed by atoms with Gasteiger partial charge in [0.05, 0.1) is 18.1 Å². The zero-order chi connectivity index (χ0) is 20.3. The number of benzene rings is 1. The van der Waals surface area contributed by atoms with Crippen LogP contribution in [0.15, 0.2) is 29.2 Å². The van der Waals surface area contributed by atoms with Crippen LogP contribution in [0.2, 0.25) is 0 Å². The molecule has 0 fully saturated rings. The molecule has 26 heavy (non-hydrogen) atoms. The van der Waals surface area contributed by atoms with Gasteiger partial charge in [-0.15, -0.1) is 0 Å². The van der Waals surface area contributed by atoms with E-state index < -0.39 is 10.1 Å². The van der Waals surface area contributed by atoms with Gasteiger partial charge in [-0.2, -0.15) is 8.42 Å². The van der Waals surface area contributed by atoms with Crippen molar-refractivity contribution in [2.45, 2.75) is 51.3 Å². The molecule has 1 aromatic rings. The van der Waals surface area contributed by atoms with E-state index in [2.05, 4.69) is 13.8 Å². The van der Waals surface area contributed by atoms with E-state index in [1.54, 1.807) is 19.2 Å². The van der Waals surface area contributed by atoms with Gasteiger partial charge in [-0.05, 0) is 31.9 Å². The fourth-order valence-corrected chi connectivity index (χ4v) is 2.34. The first-order valence-electron chi connectivity index (χ1n) is 8.94. The predicted molar refractivity (Wildman–Crippen MR) is 105 cm³/mol. The molecule has 154 valence electrons. The molecular weight excluding hydrogens is 356 g/mol. The first-order valence-corrected chi connectivity index (χ1v) is 10.3. The van der Waals surface area contributed by atoms with E-state index in [0.717, 1.165) is 25.0 Å². The Hall–Kier alpha value is -0.990. The Morgan fingerprint density at radius 3 is 1.77 bits per heavy atom. The van der Waals surface area contributed by atoms with Crippen LogP contribution in [-0.2, 0) is 23.8 Å². The maximum Gasteiger partial charge on any atom is 0.297 e. The SMILES string of the molecule is CCCCO.CCCCOC.COCCOS(=O)(=O)c1ccc(C)cc1. The first-order chi connectivity index (χ1) is 12.4. The van der Waals surface area contributed by atoms with Crippen LogP contribution in [0.5, 0.6) is 0 Å². The lowest BCUT2D eigenvalue weighted by atomic mass is 10.2. The maximum atomic E-state index is 11.5. The Balaban J connectivity index is 0. The van der Waals surface area contributed by atoms with Crippen molar-refractivity contribution in [2.75, 3.05) is 40.6 Å². The van der Waals surface area contributed by atoms with Gasteiger partial charge in [0.2, 0.25) is 0 Å². The second-order valence-corrected chi connectivity index (χ2v) is 7.12. The van der Waals surface area contributed by atoms with Gasteiger partial charge >= 0.3 is 0 Å². The van der Waals surface area contributed by atoms with Crippen LogP contribution in [0, 0.1) is 6.92 Å². The van der Waals surface area contributed by atoms with Gasteiger partial charge in [0.1, 0.15) is 0 Å². The van der Waals surface area contributed by atoms with E-state index in [4.69, 9.17) is 18.8 Å². The Morgan fingerprint density at radius 1 is 0.885 bits per heavy atom. The predicted octanol–water partition coefficient (Wildman–Crippen LogP) is 3.56. The van der Waals surface area contributed by atoms with E-state index in [-0.39, 0.29) is 18.1 Å². The van der Waals surface area contributed by atoms with Gasteiger partial charge in [0.25, 0.3) is 10.1 Å². The minimum atomic E-state index is -3.63. The van der Waals surface area contributed by atoms with Crippen LogP contribution >= 0.6 is 0 Å². The van der Waals surface area contributed by atoms with Crippen LogP contribution in [0.4, 0.5) is 0 Å². The van der Waals surface area contributed by atoms with Crippen LogP contribution in [0.1, 0.15) is 45.1 Å². The highest BCUT2D eigenvalue weighted by molar-refractivity contribution is 7.86. The summed E-state index contributed by atoms with van der Waals surface area (Å²) in [5.74, 6) is 0. The summed E-state index contributed by atoms with van der Waals surface area (Å²) in [4.78, 5) is 0.171. The number of methoxy groups -OCH3 is 2. The summed E-state index contributed by atoms with van der Waals surface area (Å²) in [5, 5.41) is 8.07. The highest BCUT2D eigenvalue weighted by Crippen LogP contribution is 2.12. The largest absolute Gasteiger partial charge is 0.396 e. The van der Waals surface area contributed by atoms with Gasteiger partial charge in [0, 0.05) is 27.4 Å². The van der Waals surface area contributed by atoms with Crippen LogP contribution in [0.3, 0.4) is 0 Å². The molecule has 0 aliphatic carbocycles. The molecular formula is C19H36O6S. The molecule has 0 heterocycles. The molecule has 0 bridgehead atoms. The summed E-state index contributed by atoms with van der Waals surface area (Å²) < 4.78 is 37.3. The third-order valence-corrected chi connectivity index (χ3v) is 4.38. The highest BCUT2D eigenvalue weighted by atomic mass is 32.2. The lowest BCUT2D eigenvalue weighted by Crippen LogP contribution is -2.10. The Bertz CT molecular complexity index is 493. The molecule has 0 radical (unpaired) electrons. The number of aryl methyl sites for hydroxylation is 1. The molecule has 0 spiro atoms. The van der Waals surface area contributed by atoms with Crippen LogP contribution in [-0.4, -0.2) is 54.2 Å². The minimum absolute atomic E-state index is 0.0344. The lowest BCUT2D eigenvalue weighted by Gasteiger charge is -2.04. The molecule has 1 aromatic carbocycles. The quantitative estimate of drug-likeness (QED) is 0.484. The molecule has 0 saturated heterocycles. The molecule has 6 nitrogen and oxygen atoms in total. The summed E-state index contributed by atoms with van der Waals surface area (Å²) in [5.41, 5.74) is 1.01. The summed E-state index contributed by atoms with van der Waals surface area (Å²) in [6, 6.07) is 6.51. The van der Waals surface area contributed by atoms with E-state index in [9.17, 15) is 8.42 Å². The molecule has 0 unspecified atom stereocenters. The fraction of sp³-hybridized carbons (Fsp3) is 0.684. The van der Waals surface area contributed by atoms with E-state index in [1.165, 1.54) is 32.1 Å². The standard InChI is InChI=1S/C10H14O4S.C5H12O.C4H10O/c1-9-3-5-10(6-4-9)15(11,12)14-8-7-13-2;1-3-4-5-6-2;1-2-3-4-5/h3-6H,7-8H2,1-2H3;3-5H2,1-2H3;5H,2-4H2,1H3. The molecule has 1 N–H and O–H groups in total. The number of aliphatic hydroxyl groups excluding tert-OH is 1. The van der Waals surface area contributed by atoms with Crippen molar-refractivity contribution in [1.29, 1.82) is 0 Å². The van der Waals surface area contributed by atoms with Gasteiger partial charge in [-0.3, -0.25) is 4.18 Å². The molecule has 0 aliphatic heterocycles. The van der Waals surface area contributed by atoms with Gasteiger partial charge in [0.15, 0.2) is 0 Å². The monoisotopic (exact) mass is 392 g/mol. The second-order valence-electron chi connectivity index (χ2n) is 5.51. The zero-order valence-corrected chi connectivity index (χ0v) is 17.7. The first kappa shape index (κ1) is 27.2. The van der Waals surface area contributed by atoms with E-state index in [0.29, 0.717) is 6.61 Å². The Morgan fingerprint density at radius 2 is 1.42 bits per heavy atom. The summed E-state index contributed by atoms with van der Waals surface area (Å²) in [6.45, 7) is 7.64. The number of unbranched alkanes of at least 4 members (excludes halogenated alkanes) is 2. The number of hydrogen-bond donors (Lipinski definition) is 1. The normalized spacial score (nSPS) is 10.4. The average Bonchev–Trinajstić information content (AvgIpc) is 2.62. The van der Waals surface area contributed by atoms with E-state index in [1.807, 2.05) is 6.92 Å². The van der Waals surface area contributed by atoms with Crippen molar-refractivity contribution in [3.63, 3.8) is 0 Å². The highest BCUT2D eigenvalue weighted by Gasteiger charge is 2.13. The topological polar surface area (TPSA) is 82.1 Å². The molecule has 7 heteroatoms. The lowest BCUT2D eigenvalue weighted by molar-refractivity contribution is 0.149. The summed E-state index contributed by atoms with van der Waals surface area (Å²) in [7, 11) is -0.410. The van der Waals surface area contributed by atoms with Crippen molar-refractivity contribution >= 4 is 10.1 Å². The average molecular weight is 393 g/mol. The Labute approximate surface area is 159 Å². The molecule has 0 aromatic heterocycles. The van der Waals surface area contributed by atoms with Crippen LogP contribution < -0.4 is 0 Å². The number of rotatable bonds is 10. The number of ether oxygens (including phenoxy) is 2. The van der Waals surface area contributed by atoms with Crippen molar-refractivity contribution in [1.82, 2.24) is 0 Å². The summed E-state index contributed by atoms with van der Waals surface area (Å²) in [6.07, 6.45) is 4.46. The van der Waals surface area contributed by atoms with Gasteiger partial charge < -0.3 is 14.6 Å². The minimum Gasteiger partial charge on any atom is -0.396 e. The number of aliphatic hydroxyl groups is 1. The maximum absolute atomic E-state index is 11.5. The second kappa shape index (κ2) is 18.8. The van der Waals surface area contributed by atoms with Crippen molar-refractivity contribution in [3.8, 4) is 0 Å². The van der Waals surface area contributed by atoms with Gasteiger partial charge in [-0.1, -0.05) is 44.4 Å². The number of hydrogen-bond acceptors (Lipinski definition) is 6. The molecule has 0 saturated carbocycles. The summed E-state index contributed by atoms with van der Waals surface area (Å²) >= 11 is 0. The van der Waals surface area contributed by atoms with Crippen molar-refractivity contribution < 1.29 is 27.2 Å². The van der Waals surface area contributed by atoms with Gasteiger partial charge in [-0.25, -0.2) is 0 Å². The van der Waals surface area contributed by atoms with E-state index >= 15 is 0 Å². The van der Waals surface area contributed by atoms with Crippen molar-refractivity contribution in [3.05, 3.63) is 29.8 Å².